The van der Waals surface area contributed by atoms with Crippen molar-refractivity contribution in [2.45, 2.75) is 51.9 Å². The lowest BCUT2D eigenvalue weighted by atomic mass is 9.97. The Morgan fingerprint density at radius 1 is 1.10 bits per heavy atom. The molecule has 2 aromatic rings. The molecule has 0 fully saturated rings. The lowest BCUT2D eigenvalue weighted by Crippen LogP contribution is -2.11. The van der Waals surface area contributed by atoms with Crippen LogP contribution in [-0.4, -0.2) is 15.0 Å². The third kappa shape index (κ3) is 2.59. The molecule has 0 aromatic carbocycles. The van der Waals surface area contributed by atoms with E-state index in [0.717, 1.165) is 34.8 Å². The Kier molecular flexibility index (Phi) is 3.55. The molecule has 0 saturated heterocycles. The summed E-state index contributed by atoms with van der Waals surface area (Å²) in [7, 11) is 0. The fraction of sp³-hybridized carbons (Fsp3) is 0.533. The molecule has 5 heteroatoms. The van der Waals surface area contributed by atoms with Crippen LogP contribution in [0.2, 0.25) is 5.15 Å². The van der Waals surface area contributed by atoms with E-state index >= 15 is 0 Å². The molecule has 2 heterocycles. The van der Waals surface area contributed by atoms with Crippen LogP contribution < -0.4 is 0 Å². The highest BCUT2D eigenvalue weighted by atomic mass is 35.5. The van der Waals surface area contributed by atoms with Gasteiger partial charge in [-0.2, -0.15) is 0 Å². The Morgan fingerprint density at radius 3 is 2.55 bits per heavy atom. The van der Waals surface area contributed by atoms with Crippen LogP contribution in [0.1, 0.15) is 49.9 Å². The van der Waals surface area contributed by atoms with Gasteiger partial charge in [-0.25, -0.2) is 15.0 Å². The lowest BCUT2D eigenvalue weighted by Gasteiger charge is -2.16. The Morgan fingerprint density at radius 2 is 1.85 bits per heavy atom. The van der Waals surface area contributed by atoms with E-state index < -0.39 is 0 Å². The summed E-state index contributed by atoms with van der Waals surface area (Å²) in [5, 5.41) is 3.74. The molecule has 0 amide bonds. The van der Waals surface area contributed by atoms with Gasteiger partial charge >= 0.3 is 0 Å². The highest BCUT2D eigenvalue weighted by Crippen LogP contribution is 2.31. The van der Waals surface area contributed by atoms with Crippen molar-refractivity contribution in [3.8, 4) is 11.5 Å². The average molecular weight is 308 g/mol. The predicted octanol–water partition coefficient (Wildman–Crippen LogP) is 4.43. The van der Waals surface area contributed by atoms with Crippen molar-refractivity contribution in [1.82, 2.24) is 15.0 Å². The highest BCUT2D eigenvalue weighted by molar-refractivity contribution is 7.10. The Bertz CT molecular complexity index is 643. The van der Waals surface area contributed by atoms with Gasteiger partial charge in [-0.05, 0) is 25.7 Å². The predicted molar refractivity (Wildman–Crippen MR) is 83.5 cm³/mol. The van der Waals surface area contributed by atoms with Crippen LogP contribution in [0.25, 0.3) is 11.5 Å². The molecule has 0 radical (unpaired) electrons. The van der Waals surface area contributed by atoms with Gasteiger partial charge in [0, 0.05) is 22.1 Å². The number of thiazole rings is 1. The Labute approximate surface area is 128 Å². The summed E-state index contributed by atoms with van der Waals surface area (Å²) in [6, 6.07) is 0. The smallest absolute Gasteiger partial charge is 0.180 e. The third-order valence-electron chi connectivity index (χ3n) is 3.51. The van der Waals surface area contributed by atoms with E-state index in [1.54, 1.807) is 11.3 Å². The van der Waals surface area contributed by atoms with Gasteiger partial charge in [-0.3, -0.25) is 0 Å². The summed E-state index contributed by atoms with van der Waals surface area (Å²) in [5.41, 5.74) is 3.14. The maximum atomic E-state index is 6.32. The van der Waals surface area contributed by atoms with Gasteiger partial charge in [0.1, 0.15) is 10.8 Å². The van der Waals surface area contributed by atoms with E-state index in [0.29, 0.717) is 11.0 Å². The van der Waals surface area contributed by atoms with E-state index in [4.69, 9.17) is 11.6 Å². The largest absolute Gasteiger partial charge is 0.237 e. The molecule has 20 heavy (non-hydrogen) atoms. The van der Waals surface area contributed by atoms with Gasteiger partial charge < -0.3 is 0 Å². The molecule has 2 aromatic heterocycles. The second kappa shape index (κ2) is 5.08. The minimum absolute atomic E-state index is 0.0565. The summed E-state index contributed by atoms with van der Waals surface area (Å²) in [4.78, 5) is 13.8. The van der Waals surface area contributed by atoms with Gasteiger partial charge in [0.05, 0.1) is 5.01 Å². The molecule has 1 aliphatic rings. The maximum absolute atomic E-state index is 6.32. The third-order valence-corrected chi connectivity index (χ3v) is 5.09. The van der Waals surface area contributed by atoms with Crippen molar-refractivity contribution in [3.05, 3.63) is 26.8 Å². The number of hydrogen-bond acceptors (Lipinski definition) is 4. The molecule has 0 aliphatic heterocycles. The molecule has 0 atom stereocenters. The van der Waals surface area contributed by atoms with Crippen molar-refractivity contribution in [2.75, 3.05) is 0 Å². The monoisotopic (exact) mass is 307 g/mol. The lowest BCUT2D eigenvalue weighted by molar-refractivity contribution is 0.585. The summed E-state index contributed by atoms with van der Waals surface area (Å²) in [5.74, 6) is 0.669. The Hall–Kier alpha value is -1.00. The quantitative estimate of drug-likeness (QED) is 0.732. The normalized spacial score (nSPS) is 15.2. The second-order valence-electron chi connectivity index (χ2n) is 6.26. The molecule has 106 valence electrons. The number of nitrogens with zero attached hydrogens (tertiary/aromatic N) is 3. The summed E-state index contributed by atoms with van der Waals surface area (Å²) >= 11 is 7.98. The first-order valence-corrected chi connectivity index (χ1v) is 8.22. The van der Waals surface area contributed by atoms with Crippen molar-refractivity contribution in [3.63, 3.8) is 0 Å². The SMILES string of the molecule is CC(C)(C)c1nc(-c2nc(Cl)c3c(n2)CCCC3)cs1. The summed E-state index contributed by atoms with van der Waals surface area (Å²) < 4.78 is 0. The van der Waals surface area contributed by atoms with Crippen LogP contribution in [0.4, 0.5) is 0 Å². The number of hydrogen-bond donors (Lipinski definition) is 0. The van der Waals surface area contributed by atoms with E-state index in [9.17, 15) is 0 Å². The Balaban J connectivity index is 2.02. The van der Waals surface area contributed by atoms with Crippen LogP contribution in [0, 0.1) is 0 Å². The van der Waals surface area contributed by atoms with Crippen molar-refractivity contribution in [2.24, 2.45) is 0 Å². The van der Waals surface area contributed by atoms with Gasteiger partial charge in [-0.15, -0.1) is 11.3 Å². The molecule has 0 saturated carbocycles. The number of rotatable bonds is 1. The average Bonchev–Trinajstić information content (AvgIpc) is 2.88. The van der Waals surface area contributed by atoms with Crippen LogP contribution in [0.15, 0.2) is 5.38 Å². The minimum Gasteiger partial charge on any atom is -0.237 e. The molecule has 3 rings (SSSR count). The van der Waals surface area contributed by atoms with E-state index in [1.165, 1.54) is 12.8 Å². The first kappa shape index (κ1) is 14.0. The standard InChI is InChI=1S/C15H18ClN3S/c1-15(2,3)14-18-11(8-20-14)13-17-10-7-5-4-6-9(10)12(16)19-13/h8H,4-7H2,1-3H3. The number of fused-ring (bicyclic) bond motifs is 1. The molecule has 1 aliphatic carbocycles. The fourth-order valence-corrected chi connectivity index (χ4v) is 3.55. The number of halogens is 1. The van der Waals surface area contributed by atoms with Gasteiger partial charge in [0.2, 0.25) is 0 Å². The van der Waals surface area contributed by atoms with Crippen molar-refractivity contribution < 1.29 is 0 Å². The van der Waals surface area contributed by atoms with Gasteiger partial charge in [-0.1, -0.05) is 32.4 Å². The zero-order valence-electron chi connectivity index (χ0n) is 12.0. The zero-order chi connectivity index (χ0) is 14.3. The van der Waals surface area contributed by atoms with Crippen LogP contribution in [0.5, 0.6) is 0 Å². The van der Waals surface area contributed by atoms with E-state index in [1.807, 2.05) is 5.38 Å². The maximum Gasteiger partial charge on any atom is 0.180 e. The van der Waals surface area contributed by atoms with E-state index in [2.05, 4.69) is 35.7 Å². The van der Waals surface area contributed by atoms with E-state index in [-0.39, 0.29) is 5.41 Å². The fourth-order valence-electron chi connectivity index (χ4n) is 2.38. The molecular weight excluding hydrogens is 290 g/mol. The molecule has 0 N–H and O–H groups in total. The minimum atomic E-state index is 0.0565. The summed E-state index contributed by atoms with van der Waals surface area (Å²) in [6.07, 6.45) is 4.37. The van der Waals surface area contributed by atoms with Crippen LogP contribution >= 0.6 is 22.9 Å². The van der Waals surface area contributed by atoms with Crippen LogP contribution in [-0.2, 0) is 18.3 Å². The van der Waals surface area contributed by atoms with Gasteiger partial charge in [0.25, 0.3) is 0 Å². The first-order chi connectivity index (χ1) is 9.45. The molecular formula is C15H18ClN3S. The topological polar surface area (TPSA) is 38.7 Å². The molecule has 3 nitrogen and oxygen atoms in total. The second-order valence-corrected chi connectivity index (χ2v) is 7.47. The number of aromatic nitrogens is 3. The van der Waals surface area contributed by atoms with Crippen molar-refractivity contribution >= 4 is 22.9 Å². The first-order valence-electron chi connectivity index (χ1n) is 6.97. The molecule has 0 spiro atoms. The highest BCUT2D eigenvalue weighted by Gasteiger charge is 2.21. The zero-order valence-corrected chi connectivity index (χ0v) is 13.6. The van der Waals surface area contributed by atoms with Crippen LogP contribution in [0.3, 0.4) is 0 Å². The van der Waals surface area contributed by atoms with Crippen molar-refractivity contribution in [1.29, 1.82) is 0 Å². The molecule has 0 bridgehead atoms. The number of aryl methyl sites for hydroxylation is 1. The summed E-state index contributed by atoms with van der Waals surface area (Å²) in [6.45, 7) is 6.49. The molecule has 0 unspecified atom stereocenters. The van der Waals surface area contributed by atoms with Gasteiger partial charge in [0.15, 0.2) is 5.82 Å².